The van der Waals surface area contributed by atoms with Crippen molar-refractivity contribution in [1.82, 2.24) is 10.1 Å². The molecule has 0 bridgehead atoms. The lowest BCUT2D eigenvalue weighted by atomic mass is 9.73. The van der Waals surface area contributed by atoms with Gasteiger partial charge in [0.05, 0.1) is 19.9 Å². The van der Waals surface area contributed by atoms with Gasteiger partial charge in [-0.3, -0.25) is 10.1 Å². The number of aryl methyl sites for hydroxylation is 1. The molecule has 0 aliphatic heterocycles. The molecule has 0 spiro atoms. The van der Waals surface area contributed by atoms with Crippen molar-refractivity contribution in [2.24, 2.45) is 11.3 Å². The molecule has 1 aliphatic rings. The van der Waals surface area contributed by atoms with Gasteiger partial charge in [-0.05, 0) is 48.8 Å². The lowest BCUT2D eigenvalue weighted by molar-refractivity contribution is 0.101. The third kappa shape index (κ3) is 4.44. The van der Waals surface area contributed by atoms with Gasteiger partial charge in [0.25, 0.3) is 5.91 Å². The molecule has 1 unspecified atom stereocenters. The Morgan fingerprint density at radius 2 is 1.97 bits per heavy atom. The third-order valence-electron chi connectivity index (χ3n) is 5.80. The Hall–Kier alpha value is -2.87. The molecule has 7 nitrogen and oxygen atoms in total. The summed E-state index contributed by atoms with van der Waals surface area (Å²) in [7, 11) is 3.15. The number of nitrogens with one attached hydrogen (secondary N) is 1. The first kappa shape index (κ1) is 21.4. The van der Waals surface area contributed by atoms with Crippen LogP contribution in [0.2, 0.25) is 0 Å². The third-order valence-corrected chi connectivity index (χ3v) is 6.83. The number of aromatic nitrogens is 2. The van der Waals surface area contributed by atoms with Crippen molar-refractivity contribution in [2.75, 3.05) is 19.5 Å². The summed E-state index contributed by atoms with van der Waals surface area (Å²) in [5, 5.41) is 7.42. The number of carbonyl (C=O) groups excluding carboxylic acids is 1. The van der Waals surface area contributed by atoms with E-state index >= 15 is 0 Å². The Morgan fingerprint density at radius 1 is 1.19 bits per heavy atom. The Kier molecular flexibility index (Phi) is 5.75. The van der Waals surface area contributed by atoms with Crippen molar-refractivity contribution in [1.29, 1.82) is 0 Å². The number of hydrogen-bond donors (Lipinski definition) is 1. The van der Waals surface area contributed by atoms with E-state index in [1.807, 2.05) is 6.07 Å². The smallest absolute Gasteiger partial charge is 0.279 e. The highest BCUT2D eigenvalue weighted by molar-refractivity contribution is 7.15. The van der Waals surface area contributed by atoms with Crippen molar-refractivity contribution in [3.8, 4) is 22.8 Å². The molecule has 3 aromatic rings. The van der Waals surface area contributed by atoms with E-state index in [4.69, 9.17) is 14.0 Å². The summed E-state index contributed by atoms with van der Waals surface area (Å²) in [6, 6.07) is 6.99. The predicted octanol–water partition coefficient (Wildman–Crippen LogP) is 5.22. The van der Waals surface area contributed by atoms with Crippen molar-refractivity contribution in [3.63, 3.8) is 0 Å². The number of anilines is 1. The SMILES string of the molecule is COc1ccc(-c2cc(C(=O)Nc3nc4c(s3)CC(C(C)(C)C)CC4)no2)cc1OC. The van der Waals surface area contributed by atoms with E-state index in [9.17, 15) is 4.79 Å². The first-order valence-electron chi connectivity index (χ1n) is 10.3. The maximum atomic E-state index is 12.7. The average molecular weight is 442 g/mol. The Labute approximate surface area is 185 Å². The van der Waals surface area contributed by atoms with E-state index in [0.29, 0.717) is 28.3 Å². The summed E-state index contributed by atoms with van der Waals surface area (Å²) in [6.07, 6.45) is 3.10. The van der Waals surface area contributed by atoms with Crippen LogP contribution in [0.1, 0.15) is 48.3 Å². The van der Waals surface area contributed by atoms with Gasteiger partial charge in [0.2, 0.25) is 0 Å². The van der Waals surface area contributed by atoms with Crippen LogP contribution in [0.3, 0.4) is 0 Å². The van der Waals surface area contributed by atoms with Gasteiger partial charge in [0.1, 0.15) is 0 Å². The number of benzene rings is 1. The second-order valence-corrected chi connectivity index (χ2v) is 9.88. The highest BCUT2D eigenvalue weighted by Crippen LogP contribution is 2.40. The first-order chi connectivity index (χ1) is 14.8. The fourth-order valence-electron chi connectivity index (χ4n) is 3.84. The minimum Gasteiger partial charge on any atom is -0.493 e. The molecule has 0 saturated carbocycles. The minimum atomic E-state index is -0.339. The van der Waals surface area contributed by atoms with Crippen LogP contribution in [0.4, 0.5) is 5.13 Å². The van der Waals surface area contributed by atoms with Gasteiger partial charge < -0.3 is 14.0 Å². The summed E-state index contributed by atoms with van der Waals surface area (Å²) in [5.41, 5.74) is 2.31. The van der Waals surface area contributed by atoms with Gasteiger partial charge in [-0.2, -0.15) is 0 Å². The summed E-state index contributed by atoms with van der Waals surface area (Å²) in [5.74, 6) is 1.95. The molecule has 2 heterocycles. The number of fused-ring (bicyclic) bond motifs is 1. The topological polar surface area (TPSA) is 86.5 Å². The second-order valence-electron chi connectivity index (χ2n) is 8.79. The van der Waals surface area contributed by atoms with Crippen molar-refractivity contribution < 1.29 is 18.8 Å². The number of rotatable bonds is 5. The van der Waals surface area contributed by atoms with Crippen LogP contribution in [0.5, 0.6) is 11.5 Å². The quantitative estimate of drug-likeness (QED) is 0.584. The fourth-order valence-corrected chi connectivity index (χ4v) is 4.92. The van der Waals surface area contributed by atoms with Crippen LogP contribution >= 0.6 is 11.3 Å². The number of methoxy groups -OCH3 is 2. The number of nitrogens with zero attached hydrogens (tertiary/aromatic N) is 2. The molecular weight excluding hydrogens is 414 g/mol. The molecule has 0 saturated heterocycles. The zero-order valence-electron chi connectivity index (χ0n) is 18.4. The average Bonchev–Trinajstić information content (AvgIpc) is 3.38. The highest BCUT2D eigenvalue weighted by Gasteiger charge is 2.31. The number of hydrogen-bond acceptors (Lipinski definition) is 7. The molecule has 1 atom stereocenters. The van der Waals surface area contributed by atoms with E-state index in [1.165, 1.54) is 4.88 Å². The van der Waals surface area contributed by atoms with Gasteiger partial charge in [-0.15, -0.1) is 11.3 Å². The van der Waals surface area contributed by atoms with Gasteiger partial charge in [-0.25, -0.2) is 4.98 Å². The molecule has 8 heteroatoms. The fraction of sp³-hybridized carbons (Fsp3) is 0.435. The molecule has 2 aromatic heterocycles. The molecule has 1 aromatic carbocycles. The summed E-state index contributed by atoms with van der Waals surface area (Å²) in [4.78, 5) is 18.6. The standard InChI is InChI=1S/C23H27N3O4S/c1-23(2,3)14-7-8-15-20(11-14)31-22(24-15)25-21(27)16-12-18(30-26-16)13-6-9-17(28-4)19(10-13)29-5/h6,9-10,12,14H,7-8,11H2,1-5H3,(H,24,25,27). The van der Waals surface area contributed by atoms with E-state index in [1.54, 1.807) is 43.8 Å². The lowest BCUT2D eigenvalue weighted by Crippen LogP contribution is -2.26. The molecule has 0 radical (unpaired) electrons. The lowest BCUT2D eigenvalue weighted by Gasteiger charge is -2.33. The van der Waals surface area contributed by atoms with E-state index in [0.717, 1.165) is 30.5 Å². The van der Waals surface area contributed by atoms with Crippen molar-refractivity contribution in [3.05, 3.63) is 40.5 Å². The van der Waals surface area contributed by atoms with Gasteiger partial charge in [-0.1, -0.05) is 25.9 Å². The maximum absolute atomic E-state index is 12.7. The Morgan fingerprint density at radius 3 is 2.68 bits per heavy atom. The van der Waals surface area contributed by atoms with E-state index in [-0.39, 0.29) is 17.0 Å². The molecular formula is C23H27N3O4S. The van der Waals surface area contributed by atoms with Crippen molar-refractivity contribution >= 4 is 22.4 Å². The number of carbonyl (C=O) groups is 1. The molecule has 164 valence electrons. The highest BCUT2D eigenvalue weighted by atomic mass is 32.1. The molecule has 1 amide bonds. The number of amides is 1. The molecule has 0 fully saturated rings. The molecule has 1 N–H and O–H groups in total. The van der Waals surface area contributed by atoms with Crippen LogP contribution in [0.25, 0.3) is 11.3 Å². The van der Waals surface area contributed by atoms with Crippen LogP contribution in [-0.2, 0) is 12.8 Å². The van der Waals surface area contributed by atoms with Crippen LogP contribution in [0, 0.1) is 11.3 Å². The van der Waals surface area contributed by atoms with E-state index in [2.05, 4.69) is 36.2 Å². The van der Waals surface area contributed by atoms with E-state index < -0.39 is 0 Å². The zero-order chi connectivity index (χ0) is 22.2. The van der Waals surface area contributed by atoms with Gasteiger partial charge >= 0.3 is 0 Å². The normalized spacial score (nSPS) is 16.0. The predicted molar refractivity (Wildman–Crippen MR) is 120 cm³/mol. The van der Waals surface area contributed by atoms with Crippen LogP contribution in [0.15, 0.2) is 28.8 Å². The van der Waals surface area contributed by atoms with Crippen molar-refractivity contribution in [2.45, 2.75) is 40.0 Å². The molecule has 4 rings (SSSR count). The largest absolute Gasteiger partial charge is 0.493 e. The Bertz CT molecular complexity index is 1100. The number of ether oxygens (including phenoxy) is 2. The second kappa shape index (κ2) is 8.34. The monoisotopic (exact) mass is 441 g/mol. The minimum absolute atomic E-state index is 0.200. The van der Waals surface area contributed by atoms with Gasteiger partial charge in [0.15, 0.2) is 28.1 Å². The maximum Gasteiger partial charge on any atom is 0.279 e. The summed E-state index contributed by atoms with van der Waals surface area (Å²) < 4.78 is 16.0. The van der Waals surface area contributed by atoms with Crippen LogP contribution in [-0.4, -0.2) is 30.3 Å². The molecule has 1 aliphatic carbocycles. The summed E-state index contributed by atoms with van der Waals surface area (Å²) >= 11 is 1.56. The summed E-state index contributed by atoms with van der Waals surface area (Å²) in [6.45, 7) is 6.85. The Balaban J connectivity index is 1.48. The zero-order valence-corrected chi connectivity index (χ0v) is 19.3. The first-order valence-corrected chi connectivity index (χ1v) is 11.1. The molecule has 31 heavy (non-hydrogen) atoms. The van der Waals surface area contributed by atoms with Gasteiger partial charge in [0, 0.05) is 16.5 Å². The van der Waals surface area contributed by atoms with Crippen LogP contribution < -0.4 is 14.8 Å². The number of thiazole rings is 1.